The second kappa shape index (κ2) is 12.7. The van der Waals surface area contributed by atoms with Crippen LogP contribution in [0.3, 0.4) is 0 Å². The Hall–Kier alpha value is -2.98. The number of nitrogens with zero attached hydrogens (tertiary/aromatic N) is 1. The summed E-state index contributed by atoms with van der Waals surface area (Å²) in [6.07, 6.45) is 1.58. The Balaban J connectivity index is 1.49. The fourth-order valence-corrected chi connectivity index (χ4v) is 5.22. The van der Waals surface area contributed by atoms with Crippen molar-refractivity contribution in [2.45, 2.75) is 13.5 Å². The molecule has 0 unspecified atom stereocenters. The van der Waals surface area contributed by atoms with Gasteiger partial charge in [0.05, 0.1) is 26.7 Å². The molecular weight excluding hydrogens is 615 g/mol. The maximum atomic E-state index is 13.0. The molecule has 3 aromatic rings. The second-order valence-electron chi connectivity index (χ2n) is 7.97. The van der Waals surface area contributed by atoms with E-state index in [1.165, 1.54) is 0 Å². The van der Waals surface area contributed by atoms with Gasteiger partial charge in [-0.05, 0) is 88.2 Å². The smallest absolute Gasteiger partial charge is 0.294 e. The third-order valence-electron chi connectivity index (χ3n) is 5.25. The number of nitrogens with one attached hydrogen (secondary N) is 1. The first kappa shape index (κ1) is 28.0. The molecule has 4 rings (SSSR count). The van der Waals surface area contributed by atoms with Crippen LogP contribution in [0.2, 0.25) is 10.0 Å². The zero-order valence-electron chi connectivity index (χ0n) is 20.0. The van der Waals surface area contributed by atoms with Gasteiger partial charge < -0.3 is 14.8 Å². The number of carbonyl (C=O) groups excluding carboxylic acids is 3. The van der Waals surface area contributed by atoms with E-state index in [1.807, 2.05) is 19.1 Å². The normalized spacial score (nSPS) is 14.2. The first-order valence-corrected chi connectivity index (χ1v) is 13.7. The van der Waals surface area contributed by atoms with Crippen LogP contribution >= 0.6 is 50.9 Å². The van der Waals surface area contributed by atoms with Crippen LogP contribution in [-0.4, -0.2) is 35.1 Å². The summed E-state index contributed by atoms with van der Waals surface area (Å²) in [5.74, 6) is -0.125. The minimum Gasteiger partial charge on any atom is -0.490 e. The van der Waals surface area contributed by atoms with Gasteiger partial charge in [0.15, 0.2) is 11.5 Å². The van der Waals surface area contributed by atoms with E-state index in [-0.39, 0.29) is 4.91 Å². The van der Waals surface area contributed by atoms with Gasteiger partial charge >= 0.3 is 0 Å². The van der Waals surface area contributed by atoms with Crippen molar-refractivity contribution in [3.63, 3.8) is 0 Å². The molecule has 196 valence electrons. The molecule has 1 aliphatic rings. The summed E-state index contributed by atoms with van der Waals surface area (Å²) in [5.41, 5.74) is 1.94. The number of ether oxygens (including phenoxy) is 2. The molecule has 1 fully saturated rings. The number of halogens is 3. The molecule has 0 aromatic heterocycles. The van der Waals surface area contributed by atoms with Crippen LogP contribution in [0.4, 0.5) is 10.5 Å². The average Bonchev–Trinajstić information content (AvgIpc) is 3.13. The number of benzene rings is 3. The Morgan fingerprint density at radius 3 is 2.53 bits per heavy atom. The lowest BCUT2D eigenvalue weighted by Crippen LogP contribution is -2.36. The largest absolute Gasteiger partial charge is 0.490 e. The topological polar surface area (TPSA) is 84.9 Å². The molecule has 11 heteroatoms. The van der Waals surface area contributed by atoms with E-state index in [0.717, 1.165) is 22.2 Å². The molecule has 3 amide bonds. The number of imide groups is 1. The Morgan fingerprint density at radius 1 is 1.08 bits per heavy atom. The van der Waals surface area contributed by atoms with Gasteiger partial charge in [-0.1, -0.05) is 47.5 Å². The van der Waals surface area contributed by atoms with Crippen molar-refractivity contribution in [3.8, 4) is 11.5 Å². The zero-order valence-corrected chi connectivity index (χ0v) is 23.9. The molecule has 3 aromatic carbocycles. The van der Waals surface area contributed by atoms with E-state index < -0.39 is 23.6 Å². The molecule has 0 radical (unpaired) electrons. The van der Waals surface area contributed by atoms with E-state index in [2.05, 4.69) is 21.2 Å². The SMILES string of the molecule is CCOc1cc(/C=C2/SC(=O)N(CC(=O)Nc3ccccc3Cl)C2=O)cc(Br)c1OCc1ccc(Cl)cc1. The lowest BCUT2D eigenvalue weighted by molar-refractivity contribution is -0.127. The van der Waals surface area contributed by atoms with E-state index in [0.29, 0.717) is 50.5 Å². The number of rotatable bonds is 9. The molecule has 7 nitrogen and oxygen atoms in total. The summed E-state index contributed by atoms with van der Waals surface area (Å²) in [4.78, 5) is 39.0. The van der Waals surface area contributed by atoms with Crippen LogP contribution in [0.5, 0.6) is 11.5 Å². The fourth-order valence-electron chi connectivity index (χ4n) is 3.49. The maximum absolute atomic E-state index is 13.0. The summed E-state index contributed by atoms with van der Waals surface area (Å²) in [7, 11) is 0. The van der Waals surface area contributed by atoms with Crippen molar-refractivity contribution >= 4 is 79.7 Å². The van der Waals surface area contributed by atoms with Gasteiger partial charge in [0.25, 0.3) is 11.1 Å². The van der Waals surface area contributed by atoms with Crippen molar-refractivity contribution in [1.82, 2.24) is 4.90 Å². The third kappa shape index (κ3) is 6.91. The molecule has 0 saturated carbocycles. The fraction of sp³-hybridized carbons (Fsp3) is 0.148. The van der Waals surface area contributed by atoms with Crippen LogP contribution in [0.25, 0.3) is 6.08 Å². The van der Waals surface area contributed by atoms with Gasteiger partial charge in [-0.2, -0.15) is 0 Å². The van der Waals surface area contributed by atoms with Gasteiger partial charge in [0.2, 0.25) is 5.91 Å². The first-order chi connectivity index (χ1) is 18.2. The van der Waals surface area contributed by atoms with Crippen LogP contribution in [-0.2, 0) is 16.2 Å². The molecule has 0 aliphatic carbocycles. The quantitative estimate of drug-likeness (QED) is 0.247. The van der Waals surface area contributed by atoms with E-state index in [9.17, 15) is 14.4 Å². The molecule has 1 N–H and O–H groups in total. The molecule has 1 saturated heterocycles. The number of carbonyl (C=O) groups is 3. The van der Waals surface area contributed by atoms with E-state index in [1.54, 1.807) is 54.6 Å². The number of anilines is 1. The summed E-state index contributed by atoms with van der Waals surface area (Å²) in [6.45, 7) is 2.11. The Bertz CT molecular complexity index is 1420. The molecule has 0 atom stereocenters. The summed E-state index contributed by atoms with van der Waals surface area (Å²) < 4.78 is 12.4. The monoisotopic (exact) mass is 634 g/mol. The summed E-state index contributed by atoms with van der Waals surface area (Å²) in [6, 6.07) is 17.5. The number of amides is 3. The molecule has 0 spiro atoms. The molecule has 38 heavy (non-hydrogen) atoms. The van der Waals surface area contributed by atoms with Gasteiger partial charge in [-0.25, -0.2) is 0 Å². The number of thioether (sulfide) groups is 1. The summed E-state index contributed by atoms with van der Waals surface area (Å²) >= 11 is 16.3. The highest BCUT2D eigenvalue weighted by molar-refractivity contribution is 9.10. The zero-order chi connectivity index (χ0) is 27.2. The number of hydrogen-bond donors (Lipinski definition) is 1. The third-order valence-corrected chi connectivity index (χ3v) is 7.33. The number of hydrogen-bond acceptors (Lipinski definition) is 6. The minimum atomic E-state index is -0.563. The standard InChI is InChI=1S/C27H21BrCl2N2O5S/c1-2-36-22-12-17(11-19(28)25(22)37-15-16-7-9-18(29)10-8-16)13-23-26(34)32(27(35)38-23)14-24(33)31-21-6-4-3-5-20(21)30/h3-13H,2,14-15H2,1H3,(H,31,33)/b23-13+. The summed E-state index contributed by atoms with van der Waals surface area (Å²) in [5, 5.41) is 3.07. The predicted molar refractivity (Wildman–Crippen MR) is 154 cm³/mol. The van der Waals surface area contributed by atoms with Gasteiger partial charge in [0, 0.05) is 5.02 Å². The van der Waals surface area contributed by atoms with Crippen LogP contribution in [0, 0.1) is 0 Å². The van der Waals surface area contributed by atoms with Crippen molar-refractivity contribution in [3.05, 3.63) is 91.2 Å². The van der Waals surface area contributed by atoms with Crippen molar-refractivity contribution in [2.75, 3.05) is 18.5 Å². The Kier molecular flexibility index (Phi) is 9.38. The Morgan fingerprint density at radius 2 is 1.82 bits per heavy atom. The van der Waals surface area contributed by atoms with Crippen LogP contribution in [0.1, 0.15) is 18.1 Å². The van der Waals surface area contributed by atoms with Gasteiger partial charge in [0.1, 0.15) is 13.2 Å². The molecule has 0 bridgehead atoms. The van der Waals surface area contributed by atoms with Crippen molar-refractivity contribution in [1.29, 1.82) is 0 Å². The molecular formula is C27H21BrCl2N2O5S. The molecule has 1 aliphatic heterocycles. The highest BCUT2D eigenvalue weighted by atomic mass is 79.9. The second-order valence-corrected chi connectivity index (χ2v) is 10.7. The maximum Gasteiger partial charge on any atom is 0.294 e. The van der Waals surface area contributed by atoms with Gasteiger partial charge in [-0.3, -0.25) is 19.3 Å². The lowest BCUT2D eigenvalue weighted by Gasteiger charge is -2.15. The molecule has 1 heterocycles. The van der Waals surface area contributed by atoms with Crippen molar-refractivity contribution < 1.29 is 23.9 Å². The van der Waals surface area contributed by atoms with E-state index >= 15 is 0 Å². The highest BCUT2D eigenvalue weighted by Crippen LogP contribution is 2.40. The highest BCUT2D eigenvalue weighted by Gasteiger charge is 2.36. The predicted octanol–water partition coefficient (Wildman–Crippen LogP) is 7.41. The minimum absolute atomic E-state index is 0.185. The van der Waals surface area contributed by atoms with Crippen LogP contribution in [0.15, 0.2) is 70.0 Å². The first-order valence-electron chi connectivity index (χ1n) is 11.4. The van der Waals surface area contributed by atoms with Crippen molar-refractivity contribution in [2.24, 2.45) is 0 Å². The van der Waals surface area contributed by atoms with Crippen LogP contribution < -0.4 is 14.8 Å². The van der Waals surface area contributed by atoms with E-state index in [4.69, 9.17) is 32.7 Å². The Labute approximate surface area is 242 Å². The number of para-hydroxylation sites is 1. The van der Waals surface area contributed by atoms with Gasteiger partial charge in [-0.15, -0.1) is 0 Å². The average molecular weight is 636 g/mol. The lowest BCUT2D eigenvalue weighted by atomic mass is 10.1.